The number of nitrogens with one attached hydrogen (secondary N) is 1. The molecule has 0 radical (unpaired) electrons. The Morgan fingerprint density at radius 1 is 1.28 bits per heavy atom. The number of benzene rings is 1. The maximum Gasteiger partial charge on any atom is 0.222 e. The molecule has 5 heteroatoms. The van der Waals surface area contributed by atoms with Crippen molar-refractivity contribution in [1.82, 2.24) is 5.32 Å². The second-order valence-corrected chi connectivity index (χ2v) is 6.34. The van der Waals surface area contributed by atoms with E-state index in [2.05, 4.69) is 5.32 Å². The van der Waals surface area contributed by atoms with Crippen LogP contribution in [0.15, 0.2) is 35.2 Å². The van der Waals surface area contributed by atoms with Crippen LogP contribution in [0, 0.1) is 5.92 Å². The Hall–Kier alpha value is -1.36. The van der Waals surface area contributed by atoms with Gasteiger partial charge in [-0.3, -0.25) is 4.79 Å². The molecule has 0 fully saturated rings. The van der Waals surface area contributed by atoms with Crippen molar-refractivity contribution in [2.24, 2.45) is 5.92 Å². The van der Waals surface area contributed by atoms with Crippen molar-refractivity contribution in [3.05, 3.63) is 30.3 Å². The van der Waals surface area contributed by atoms with Gasteiger partial charge in [-0.1, -0.05) is 32.0 Å². The van der Waals surface area contributed by atoms with E-state index in [0.717, 1.165) is 6.42 Å². The van der Waals surface area contributed by atoms with Gasteiger partial charge < -0.3 is 5.32 Å². The topological polar surface area (TPSA) is 63.2 Å². The van der Waals surface area contributed by atoms with E-state index < -0.39 is 9.84 Å². The van der Waals surface area contributed by atoms with Gasteiger partial charge in [0.05, 0.1) is 10.6 Å². The largest absolute Gasteiger partial charge is 0.355 e. The normalized spacial score (nSPS) is 13.0. The van der Waals surface area contributed by atoms with Gasteiger partial charge >= 0.3 is 0 Å². The fourth-order valence-electron chi connectivity index (χ4n) is 1.41. The summed E-state index contributed by atoms with van der Waals surface area (Å²) in [6, 6.07) is 8.26. The Bertz CT molecular complexity index is 482. The van der Waals surface area contributed by atoms with Crippen LogP contribution in [0.5, 0.6) is 0 Å². The maximum atomic E-state index is 11.9. The summed E-state index contributed by atoms with van der Waals surface area (Å²) < 4.78 is 23.8. The van der Waals surface area contributed by atoms with E-state index >= 15 is 0 Å². The molecule has 100 valence electrons. The van der Waals surface area contributed by atoms with Crippen LogP contribution in [0.3, 0.4) is 0 Å². The van der Waals surface area contributed by atoms with E-state index in [1.165, 1.54) is 0 Å². The van der Waals surface area contributed by atoms with Crippen LogP contribution >= 0.6 is 0 Å². The summed E-state index contributed by atoms with van der Waals surface area (Å²) in [6.45, 7) is 3.90. The molecule has 18 heavy (non-hydrogen) atoms. The zero-order valence-corrected chi connectivity index (χ0v) is 11.5. The number of carbonyl (C=O) groups is 1. The molecule has 0 spiro atoms. The molecule has 0 aliphatic carbocycles. The molecule has 0 aromatic heterocycles. The van der Waals surface area contributed by atoms with Crippen LogP contribution in [-0.2, 0) is 14.6 Å². The van der Waals surface area contributed by atoms with E-state index in [4.69, 9.17) is 0 Å². The van der Waals surface area contributed by atoms with Gasteiger partial charge in [0.1, 0.15) is 0 Å². The van der Waals surface area contributed by atoms with Gasteiger partial charge in [-0.15, -0.1) is 0 Å². The lowest BCUT2D eigenvalue weighted by Crippen LogP contribution is -2.32. The van der Waals surface area contributed by atoms with Crippen molar-refractivity contribution in [3.63, 3.8) is 0 Å². The summed E-state index contributed by atoms with van der Waals surface area (Å²) in [5.74, 6) is -0.246. The Morgan fingerprint density at radius 2 is 1.89 bits per heavy atom. The van der Waals surface area contributed by atoms with Crippen molar-refractivity contribution < 1.29 is 13.2 Å². The second-order valence-electron chi connectivity index (χ2n) is 4.23. The molecule has 0 saturated carbocycles. The summed E-state index contributed by atoms with van der Waals surface area (Å²) in [6.07, 6.45) is 0.747. The summed E-state index contributed by atoms with van der Waals surface area (Å²) in [5, 5.41) is 2.64. The summed E-state index contributed by atoms with van der Waals surface area (Å²) in [7, 11) is -3.30. The Balaban J connectivity index is 2.52. The number of hydrogen-bond donors (Lipinski definition) is 1. The van der Waals surface area contributed by atoms with E-state index in [0.29, 0.717) is 4.90 Å². The van der Waals surface area contributed by atoms with Gasteiger partial charge in [-0.25, -0.2) is 8.42 Å². The highest BCUT2D eigenvalue weighted by molar-refractivity contribution is 7.91. The Labute approximate surface area is 108 Å². The van der Waals surface area contributed by atoms with Crippen molar-refractivity contribution >= 4 is 15.7 Å². The molecule has 0 unspecified atom stereocenters. The number of carbonyl (C=O) groups excluding carboxylic acids is 1. The first-order valence-electron chi connectivity index (χ1n) is 6.03. The van der Waals surface area contributed by atoms with Crippen molar-refractivity contribution in [1.29, 1.82) is 0 Å². The average Bonchev–Trinajstić information content (AvgIpc) is 2.38. The molecular formula is C13H19NO3S. The van der Waals surface area contributed by atoms with Crippen LogP contribution in [-0.4, -0.2) is 26.6 Å². The minimum Gasteiger partial charge on any atom is -0.355 e. The molecule has 0 aliphatic rings. The SMILES string of the molecule is CC[C@@H](C)C(=O)NCCS(=O)(=O)c1ccccc1. The highest BCUT2D eigenvalue weighted by Gasteiger charge is 2.15. The van der Waals surface area contributed by atoms with E-state index in [1.54, 1.807) is 30.3 Å². The van der Waals surface area contributed by atoms with Crippen molar-refractivity contribution in [2.75, 3.05) is 12.3 Å². The monoisotopic (exact) mass is 269 g/mol. The number of sulfone groups is 1. The molecule has 1 rings (SSSR count). The van der Waals surface area contributed by atoms with Crippen LogP contribution in [0.4, 0.5) is 0 Å². The average molecular weight is 269 g/mol. The van der Waals surface area contributed by atoms with Gasteiger partial charge in [0, 0.05) is 12.5 Å². The molecule has 4 nitrogen and oxygen atoms in total. The molecule has 1 atom stereocenters. The first kappa shape index (κ1) is 14.7. The lowest BCUT2D eigenvalue weighted by molar-refractivity contribution is -0.124. The molecule has 1 aromatic rings. The zero-order chi connectivity index (χ0) is 13.6. The van der Waals surface area contributed by atoms with E-state index in [-0.39, 0.29) is 24.1 Å². The number of rotatable bonds is 6. The van der Waals surface area contributed by atoms with E-state index in [1.807, 2.05) is 13.8 Å². The third-order valence-electron chi connectivity index (χ3n) is 2.83. The number of hydrogen-bond acceptors (Lipinski definition) is 3. The van der Waals surface area contributed by atoms with Crippen molar-refractivity contribution in [2.45, 2.75) is 25.2 Å². The Kier molecular flexibility index (Phi) is 5.34. The molecule has 0 bridgehead atoms. The van der Waals surface area contributed by atoms with Crippen LogP contribution in [0.25, 0.3) is 0 Å². The van der Waals surface area contributed by atoms with E-state index in [9.17, 15) is 13.2 Å². The predicted octanol–water partition coefficient (Wildman–Crippen LogP) is 1.62. The fraction of sp³-hybridized carbons (Fsp3) is 0.462. The first-order valence-corrected chi connectivity index (χ1v) is 7.68. The van der Waals surface area contributed by atoms with Gasteiger partial charge in [0.2, 0.25) is 5.91 Å². The smallest absolute Gasteiger partial charge is 0.222 e. The molecule has 0 heterocycles. The summed E-state index contributed by atoms with van der Waals surface area (Å²) in [4.78, 5) is 11.8. The standard InChI is InChI=1S/C13H19NO3S/c1-3-11(2)13(15)14-9-10-18(16,17)12-7-5-4-6-8-12/h4-8,11H,3,9-10H2,1-2H3,(H,14,15)/t11-/m1/s1. The Morgan fingerprint density at radius 3 is 2.44 bits per heavy atom. The third kappa shape index (κ3) is 4.14. The quantitative estimate of drug-likeness (QED) is 0.853. The highest BCUT2D eigenvalue weighted by Crippen LogP contribution is 2.09. The zero-order valence-electron chi connectivity index (χ0n) is 10.7. The van der Waals surface area contributed by atoms with Gasteiger partial charge in [-0.05, 0) is 18.6 Å². The van der Waals surface area contributed by atoms with Crippen LogP contribution in [0.2, 0.25) is 0 Å². The molecule has 1 aromatic carbocycles. The molecule has 0 saturated heterocycles. The predicted molar refractivity (Wildman–Crippen MR) is 71.0 cm³/mol. The van der Waals surface area contributed by atoms with Gasteiger partial charge in [-0.2, -0.15) is 0 Å². The maximum absolute atomic E-state index is 11.9. The molecule has 0 aliphatic heterocycles. The van der Waals surface area contributed by atoms with Crippen molar-refractivity contribution in [3.8, 4) is 0 Å². The third-order valence-corrected chi connectivity index (χ3v) is 4.56. The summed E-state index contributed by atoms with van der Waals surface area (Å²) in [5.41, 5.74) is 0. The van der Waals surface area contributed by atoms with Gasteiger partial charge in [0.25, 0.3) is 0 Å². The number of amides is 1. The minimum atomic E-state index is -3.30. The lowest BCUT2D eigenvalue weighted by Gasteiger charge is -2.10. The van der Waals surface area contributed by atoms with Crippen LogP contribution in [0.1, 0.15) is 20.3 Å². The van der Waals surface area contributed by atoms with Gasteiger partial charge in [0.15, 0.2) is 9.84 Å². The second kappa shape index (κ2) is 6.54. The minimum absolute atomic E-state index is 0.0703. The molecule has 1 N–H and O–H groups in total. The first-order chi connectivity index (χ1) is 8.47. The summed E-state index contributed by atoms with van der Waals surface area (Å²) >= 11 is 0. The molecular weight excluding hydrogens is 250 g/mol. The fourth-order valence-corrected chi connectivity index (χ4v) is 2.59. The van der Waals surface area contributed by atoms with Crippen LogP contribution < -0.4 is 5.32 Å². The lowest BCUT2D eigenvalue weighted by atomic mass is 10.1. The molecule has 1 amide bonds. The highest BCUT2D eigenvalue weighted by atomic mass is 32.2.